The third kappa shape index (κ3) is 3.50. The molecule has 1 N–H and O–H groups in total. The van der Waals surface area contributed by atoms with E-state index in [1.54, 1.807) is 25.3 Å². The number of halogens is 4. The number of aromatic hydroxyl groups is 1. The summed E-state index contributed by atoms with van der Waals surface area (Å²) in [6.07, 6.45) is 0. The number of ether oxygens (including phenoxy) is 2. The first-order valence-corrected chi connectivity index (χ1v) is 8.48. The zero-order valence-electron chi connectivity index (χ0n) is 10.1. The quantitative estimate of drug-likeness (QED) is 0.509. The van der Waals surface area contributed by atoms with Crippen LogP contribution in [0.15, 0.2) is 42.2 Å². The number of hydrogen-bond donors (Lipinski definition) is 1. The van der Waals surface area contributed by atoms with E-state index in [1.807, 2.05) is 6.07 Å². The number of hydrogen-bond acceptors (Lipinski definition) is 3. The fourth-order valence-corrected chi connectivity index (χ4v) is 4.08. The van der Waals surface area contributed by atoms with E-state index in [2.05, 4.69) is 63.7 Å². The van der Waals surface area contributed by atoms with Crippen LogP contribution in [0, 0.1) is 0 Å². The Morgan fingerprint density at radius 2 is 1.40 bits per heavy atom. The van der Waals surface area contributed by atoms with Crippen molar-refractivity contribution in [1.82, 2.24) is 0 Å². The van der Waals surface area contributed by atoms with Crippen molar-refractivity contribution in [3.8, 4) is 23.0 Å². The molecule has 0 saturated carbocycles. The van der Waals surface area contributed by atoms with E-state index in [-0.39, 0.29) is 5.75 Å². The molecule has 0 atom stereocenters. The summed E-state index contributed by atoms with van der Waals surface area (Å²) >= 11 is 13.4. The number of rotatable bonds is 3. The Labute approximate surface area is 149 Å². The Balaban J connectivity index is 2.50. The van der Waals surface area contributed by atoms with Gasteiger partial charge in [0.25, 0.3) is 0 Å². The van der Waals surface area contributed by atoms with Crippen LogP contribution in [0.25, 0.3) is 0 Å². The standard InChI is InChI=1S/C13H8Br4O3/c1-19-13-9(17)3-7(15)5-11(13)20-10-4-6(14)2-8(16)12(10)18/h2-5,18H,1H3. The van der Waals surface area contributed by atoms with Gasteiger partial charge in [-0.3, -0.25) is 0 Å². The highest BCUT2D eigenvalue weighted by Gasteiger charge is 2.15. The van der Waals surface area contributed by atoms with Crippen molar-refractivity contribution >= 4 is 63.7 Å². The predicted molar refractivity (Wildman–Crippen MR) is 92.0 cm³/mol. The van der Waals surface area contributed by atoms with Gasteiger partial charge in [0, 0.05) is 8.95 Å². The summed E-state index contributed by atoms with van der Waals surface area (Å²) < 4.78 is 14.0. The smallest absolute Gasteiger partial charge is 0.175 e. The number of benzene rings is 2. The van der Waals surface area contributed by atoms with E-state index < -0.39 is 0 Å². The Bertz CT molecular complexity index is 659. The van der Waals surface area contributed by atoms with Gasteiger partial charge in [0.15, 0.2) is 23.0 Å². The lowest BCUT2D eigenvalue weighted by atomic mass is 10.3. The maximum absolute atomic E-state index is 10.0. The zero-order chi connectivity index (χ0) is 14.9. The van der Waals surface area contributed by atoms with Gasteiger partial charge < -0.3 is 14.6 Å². The summed E-state index contributed by atoms with van der Waals surface area (Å²) in [5.74, 6) is 1.36. The van der Waals surface area contributed by atoms with E-state index in [1.165, 1.54) is 0 Å². The Kier molecular flexibility index (Phi) is 5.39. The molecular formula is C13H8Br4O3. The molecule has 0 aliphatic heterocycles. The van der Waals surface area contributed by atoms with Gasteiger partial charge in [-0.15, -0.1) is 0 Å². The molecule has 0 aromatic heterocycles. The van der Waals surface area contributed by atoms with E-state index in [4.69, 9.17) is 9.47 Å². The lowest BCUT2D eigenvalue weighted by molar-refractivity contribution is 0.363. The van der Waals surface area contributed by atoms with Crippen molar-refractivity contribution < 1.29 is 14.6 Å². The topological polar surface area (TPSA) is 38.7 Å². The highest BCUT2D eigenvalue weighted by molar-refractivity contribution is 9.11. The summed E-state index contributed by atoms with van der Waals surface area (Å²) in [6, 6.07) is 7.02. The Morgan fingerprint density at radius 1 is 0.850 bits per heavy atom. The van der Waals surface area contributed by atoms with Gasteiger partial charge in [0.2, 0.25) is 0 Å². The molecule has 0 radical (unpaired) electrons. The highest BCUT2D eigenvalue weighted by Crippen LogP contribution is 2.44. The normalized spacial score (nSPS) is 10.4. The van der Waals surface area contributed by atoms with Crippen molar-refractivity contribution in [3.63, 3.8) is 0 Å². The van der Waals surface area contributed by atoms with E-state index in [9.17, 15) is 5.11 Å². The molecule has 0 aliphatic rings. The summed E-state index contributed by atoms with van der Waals surface area (Å²) in [5.41, 5.74) is 0. The molecule has 0 saturated heterocycles. The van der Waals surface area contributed by atoms with Gasteiger partial charge in [0.05, 0.1) is 16.1 Å². The van der Waals surface area contributed by atoms with E-state index in [0.717, 1.165) is 13.4 Å². The van der Waals surface area contributed by atoms with Crippen molar-refractivity contribution in [1.29, 1.82) is 0 Å². The monoisotopic (exact) mass is 528 g/mol. The van der Waals surface area contributed by atoms with Crippen LogP contribution >= 0.6 is 63.7 Å². The SMILES string of the molecule is COc1c(Br)cc(Br)cc1Oc1cc(Br)cc(Br)c1O. The first-order valence-electron chi connectivity index (χ1n) is 5.31. The molecule has 2 rings (SSSR count). The summed E-state index contributed by atoms with van der Waals surface area (Å²) in [7, 11) is 1.55. The van der Waals surface area contributed by atoms with Gasteiger partial charge in [-0.1, -0.05) is 31.9 Å². The summed E-state index contributed by atoms with van der Waals surface area (Å²) in [6.45, 7) is 0. The van der Waals surface area contributed by atoms with E-state index in [0.29, 0.717) is 21.7 Å². The van der Waals surface area contributed by atoms with Crippen LogP contribution < -0.4 is 9.47 Å². The maximum atomic E-state index is 10.0. The molecule has 0 unspecified atom stereocenters. The summed E-state index contributed by atoms with van der Waals surface area (Å²) in [4.78, 5) is 0. The number of methoxy groups -OCH3 is 1. The first kappa shape index (κ1) is 16.1. The average Bonchev–Trinajstić information content (AvgIpc) is 2.35. The van der Waals surface area contributed by atoms with Crippen LogP contribution in [-0.4, -0.2) is 12.2 Å². The molecule has 7 heteroatoms. The van der Waals surface area contributed by atoms with Crippen molar-refractivity contribution in [2.75, 3.05) is 7.11 Å². The van der Waals surface area contributed by atoms with Crippen molar-refractivity contribution in [2.45, 2.75) is 0 Å². The molecule has 2 aromatic carbocycles. The molecule has 0 amide bonds. The van der Waals surface area contributed by atoms with Crippen LogP contribution in [0.5, 0.6) is 23.0 Å². The third-order valence-corrected chi connectivity index (χ3v) is 4.50. The average molecular weight is 532 g/mol. The Morgan fingerprint density at radius 3 is 2.00 bits per heavy atom. The first-order chi connectivity index (χ1) is 9.42. The maximum Gasteiger partial charge on any atom is 0.175 e. The minimum atomic E-state index is 0.0198. The molecular weight excluding hydrogens is 524 g/mol. The second kappa shape index (κ2) is 6.68. The molecule has 3 nitrogen and oxygen atoms in total. The van der Waals surface area contributed by atoms with Gasteiger partial charge in [-0.05, 0) is 56.1 Å². The third-order valence-electron chi connectivity index (χ3n) is 2.39. The molecule has 2 aromatic rings. The van der Waals surface area contributed by atoms with Gasteiger partial charge in [-0.2, -0.15) is 0 Å². The zero-order valence-corrected chi connectivity index (χ0v) is 16.4. The van der Waals surface area contributed by atoms with Crippen molar-refractivity contribution in [2.24, 2.45) is 0 Å². The summed E-state index contributed by atoms with van der Waals surface area (Å²) in [5, 5.41) is 10.0. The van der Waals surface area contributed by atoms with Crippen molar-refractivity contribution in [3.05, 3.63) is 42.2 Å². The molecule has 0 bridgehead atoms. The fourth-order valence-electron chi connectivity index (χ4n) is 1.55. The minimum absolute atomic E-state index is 0.0198. The molecule has 0 spiro atoms. The van der Waals surface area contributed by atoms with Gasteiger partial charge >= 0.3 is 0 Å². The van der Waals surface area contributed by atoms with Gasteiger partial charge in [-0.25, -0.2) is 0 Å². The molecule has 20 heavy (non-hydrogen) atoms. The lowest BCUT2D eigenvalue weighted by Crippen LogP contribution is -1.92. The second-order valence-electron chi connectivity index (χ2n) is 3.76. The molecule has 0 aliphatic carbocycles. The molecule has 0 heterocycles. The molecule has 106 valence electrons. The molecule has 0 fully saturated rings. The minimum Gasteiger partial charge on any atom is -0.503 e. The van der Waals surface area contributed by atoms with Crippen LogP contribution in [0.4, 0.5) is 0 Å². The van der Waals surface area contributed by atoms with Crippen LogP contribution in [0.2, 0.25) is 0 Å². The van der Waals surface area contributed by atoms with Crippen LogP contribution in [0.1, 0.15) is 0 Å². The fraction of sp³-hybridized carbons (Fsp3) is 0.0769. The Hall–Kier alpha value is -0.240. The number of phenols is 1. The predicted octanol–water partition coefficient (Wildman–Crippen LogP) is 6.24. The largest absolute Gasteiger partial charge is 0.503 e. The van der Waals surface area contributed by atoms with Crippen LogP contribution in [0.3, 0.4) is 0 Å². The number of phenolic OH excluding ortho intramolecular Hbond substituents is 1. The second-order valence-corrected chi connectivity index (χ2v) is 7.30. The van der Waals surface area contributed by atoms with Crippen LogP contribution in [-0.2, 0) is 0 Å². The lowest BCUT2D eigenvalue weighted by Gasteiger charge is -2.14. The highest BCUT2D eigenvalue weighted by atomic mass is 79.9. The van der Waals surface area contributed by atoms with E-state index >= 15 is 0 Å². The van der Waals surface area contributed by atoms with Gasteiger partial charge in [0.1, 0.15) is 0 Å².